The van der Waals surface area contributed by atoms with E-state index in [1.807, 2.05) is 35.2 Å². The number of fused-ring (bicyclic) bond motifs is 1. The molecule has 152 valence electrons. The molecule has 1 aromatic carbocycles. The zero-order valence-electron chi connectivity index (χ0n) is 15.5. The lowest BCUT2D eigenvalue weighted by Gasteiger charge is -2.41. The second-order valence-electron chi connectivity index (χ2n) is 7.47. The summed E-state index contributed by atoms with van der Waals surface area (Å²) >= 11 is 3.42. The maximum Gasteiger partial charge on any atom is 0.251 e. The van der Waals surface area contributed by atoms with Crippen molar-refractivity contribution in [1.82, 2.24) is 15.2 Å². The van der Waals surface area contributed by atoms with E-state index in [1.165, 1.54) is 6.07 Å². The molecule has 2 aliphatic rings. The van der Waals surface area contributed by atoms with Crippen molar-refractivity contribution < 1.29 is 18.7 Å². The minimum absolute atomic E-state index is 0.128. The van der Waals surface area contributed by atoms with Crippen LogP contribution in [-0.2, 0) is 16.8 Å². The van der Waals surface area contributed by atoms with Gasteiger partial charge in [0, 0.05) is 42.9 Å². The largest absolute Gasteiger partial charge is 0.493 e. The van der Waals surface area contributed by atoms with Crippen molar-refractivity contribution in [3.63, 3.8) is 0 Å². The Morgan fingerprint density at radius 3 is 2.48 bits per heavy atom. The van der Waals surface area contributed by atoms with Crippen LogP contribution in [-0.4, -0.2) is 40.4 Å². The summed E-state index contributed by atoms with van der Waals surface area (Å²) < 4.78 is 28.3. The minimum Gasteiger partial charge on any atom is -0.493 e. The molecule has 0 bridgehead atoms. The van der Waals surface area contributed by atoms with E-state index in [0.717, 1.165) is 15.6 Å². The third-order valence-corrected chi connectivity index (χ3v) is 6.10. The number of halogens is 3. The molecule has 4 rings (SSSR count). The molecule has 0 spiro atoms. The van der Waals surface area contributed by atoms with Crippen molar-refractivity contribution in [2.24, 2.45) is 0 Å². The van der Waals surface area contributed by atoms with Crippen molar-refractivity contribution in [2.75, 3.05) is 13.1 Å². The molecule has 1 unspecified atom stereocenters. The van der Waals surface area contributed by atoms with Gasteiger partial charge < -0.3 is 15.3 Å². The summed E-state index contributed by atoms with van der Waals surface area (Å²) in [4.78, 5) is 17.7. The SMILES string of the molecule is O=CNC1(c2ccc(Br)cc2)C=C(N2CCC(F)(F)CC2)c2nc(O)ccc2C1. The Morgan fingerprint density at radius 1 is 1.14 bits per heavy atom. The normalized spacial score (nSPS) is 23.1. The summed E-state index contributed by atoms with van der Waals surface area (Å²) in [5.74, 6) is -2.80. The van der Waals surface area contributed by atoms with Gasteiger partial charge in [-0.3, -0.25) is 4.79 Å². The van der Waals surface area contributed by atoms with Gasteiger partial charge in [-0.1, -0.05) is 34.1 Å². The van der Waals surface area contributed by atoms with Crippen LogP contribution in [0.5, 0.6) is 5.88 Å². The van der Waals surface area contributed by atoms with Crippen LogP contribution in [0.25, 0.3) is 5.70 Å². The number of carbonyl (C=O) groups is 1. The first-order valence-electron chi connectivity index (χ1n) is 9.34. The molecule has 1 aromatic heterocycles. The highest BCUT2D eigenvalue weighted by atomic mass is 79.9. The van der Waals surface area contributed by atoms with Gasteiger partial charge in [-0.15, -0.1) is 0 Å². The van der Waals surface area contributed by atoms with E-state index in [-0.39, 0.29) is 31.8 Å². The van der Waals surface area contributed by atoms with Crippen LogP contribution in [0.4, 0.5) is 8.78 Å². The standard InChI is InChI=1S/C21H20BrF2N3O2/c22-16-4-2-15(3-5-16)20(25-13-28)11-14-1-6-18(29)26-19(14)17(12-20)27-9-7-21(23,24)8-10-27/h1-6,12-13H,7-11H2,(H,25,28)(H,26,29). The Bertz CT molecular complexity index is 955. The Morgan fingerprint density at radius 2 is 1.83 bits per heavy atom. The fraction of sp³-hybridized carbons (Fsp3) is 0.333. The molecule has 2 heterocycles. The molecule has 1 fully saturated rings. The van der Waals surface area contributed by atoms with Crippen molar-refractivity contribution >= 4 is 28.0 Å². The molecule has 1 atom stereocenters. The summed E-state index contributed by atoms with van der Waals surface area (Å²) in [5.41, 5.74) is 2.07. The molecule has 8 heteroatoms. The number of likely N-dealkylation sites (tertiary alicyclic amines) is 1. The zero-order chi connectivity index (χ0) is 20.6. The number of hydrogen-bond acceptors (Lipinski definition) is 4. The topological polar surface area (TPSA) is 65.5 Å². The molecule has 0 radical (unpaired) electrons. The highest BCUT2D eigenvalue weighted by Crippen LogP contribution is 2.41. The van der Waals surface area contributed by atoms with Crippen LogP contribution in [0.15, 0.2) is 46.9 Å². The van der Waals surface area contributed by atoms with Gasteiger partial charge in [-0.2, -0.15) is 0 Å². The van der Waals surface area contributed by atoms with Crippen LogP contribution in [0.3, 0.4) is 0 Å². The summed E-state index contributed by atoms with van der Waals surface area (Å²) in [6.07, 6.45) is 2.47. The maximum atomic E-state index is 13.7. The van der Waals surface area contributed by atoms with Gasteiger partial charge in [0.15, 0.2) is 0 Å². The van der Waals surface area contributed by atoms with Crippen LogP contribution in [0.2, 0.25) is 0 Å². The number of pyridine rings is 1. The lowest BCUT2D eigenvalue weighted by Crippen LogP contribution is -2.46. The Kier molecular flexibility index (Phi) is 5.06. The molecular formula is C21H20BrF2N3O2. The lowest BCUT2D eigenvalue weighted by atomic mass is 9.78. The van der Waals surface area contributed by atoms with Crippen LogP contribution in [0, 0.1) is 0 Å². The number of nitrogens with zero attached hydrogens (tertiary/aromatic N) is 2. The number of benzene rings is 1. The number of hydrogen-bond donors (Lipinski definition) is 2. The summed E-state index contributed by atoms with van der Waals surface area (Å²) in [6, 6.07) is 10.9. The highest BCUT2D eigenvalue weighted by Gasteiger charge is 2.40. The van der Waals surface area contributed by atoms with Crippen molar-refractivity contribution in [1.29, 1.82) is 0 Å². The number of aromatic nitrogens is 1. The molecule has 1 aliphatic heterocycles. The summed E-state index contributed by atoms with van der Waals surface area (Å²) in [7, 11) is 0. The highest BCUT2D eigenvalue weighted by molar-refractivity contribution is 9.10. The third-order valence-electron chi connectivity index (χ3n) is 5.57. The van der Waals surface area contributed by atoms with E-state index in [0.29, 0.717) is 24.2 Å². The number of aromatic hydroxyl groups is 1. The number of piperidine rings is 1. The quantitative estimate of drug-likeness (QED) is 0.676. The molecule has 29 heavy (non-hydrogen) atoms. The molecule has 1 aliphatic carbocycles. The fourth-order valence-electron chi connectivity index (χ4n) is 4.02. The first kappa shape index (κ1) is 19.8. The average Bonchev–Trinajstić information content (AvgIpc) is 2.68. The molecule has 2 N–H and O–H groups in total. The monoisotopic (exact) mass is 463 g/mol. The first-order valence-corrected chi connectivity index (χ1v) is 10.1. The molecule has 2 aromatic rings. The number of amides is 1. The van der Waals surface area contributed by atoms with E-state index in [1.54, 1.807) is 6.07 Å². The average molecular weight is 464 g/mol. The molecule has 1 saturated heterocycles. The summed E-state index contributed by atoms with van der Waals surface area (Å²) in [6.45, 7) is 0.347. The fourth-order valence-corrected chi connectivity index (χ4v) is 4.29. The second-order valence-corrected chi connectivity index (χ2v) is 8.38. The lowest BCUT2D eigenvalue weighted by molar-refractivity contribution is -0.110. The Hall–Kier alpha value is -2.48. The van der Waals surface area contributed by atoms with Gasteiger partial charge in [-0.25, -0.2) is 13.8 Å². The predicted octanol–water partition coefficient (Wildman–Crippen LogP) is 3.82. The van der Waals surface area contributed by atoms with Gasteiger partial charge in [0.2, 0.25) is 12.3 Å². The molecule has 0 saturated carbocycles. The third kappa shape index (κ3) is 3.85. The number of rotatable bonds is 4. The Labute approximate surface area is 175 Å². The van der Waals surface area contributed by atoms with Crippen molar-refractivity contribution in [3.8, 4) is 5.88 Å². The van der Waals surface area contributed by atoms with Crippen LogP contribution in [0.1, 0.15) is 29.7 Å². The van der Waals surface area contributed by atoms with E-state index in [9.17, 15) is 18.7 Å². The number of alkyl halides is 2. The minimum atomic E-state index is -2.68. The van der Waals surface area contributed by atoms with Gasteiger partial charge in [0.1, 0.15) is 0 Å². The van der Waals surface area contributed by atoms with Crippen molar-refractivity contribution in [3.05, 3.63) is 63.8 Å². The second kappa shape index (κ2) is 7.40. The van der Waals surface area contributed by atoms with Gasteiger partial charge in [0.05, 0.1) is 16.9 Å². The smallest absolute Gasteiger partial charge is 0.251 e. The number of nitrogens with one attached hydrogen (secondary N) is 1. The Balaban J connectivity index is 1.84. The van der Waals surface area contributed by atoms with Gasteiger partial charge in [0.25, 0.3) is 5.92 Å². The van der Waals surface area contributed by atoms with Crippen molar-refractivity contribution in [2.45, 2.75) is 30.7 Å². The molecule has 5 nitrogen and oxygen atoms in total. The van der Waals surface area contributed by atoms with Gasteiger partial charge >= 0.3 is 0 Å². The summed E-state index contributed by atoms with van der Waals surface area (Å²) in [5, 5.41) is 12.9. The van der Waals surface area contributed by atoms with Crippen LogP contribution >= 0.6 is 15.9 Å². The maximum absolute atomic E-state index is 13.7. The zero-order valence-corrected chi connectivity index (χ0v) is 17.1. The van der Waals surface area contributed by atoms with E-state index >= 15 is 0 Å². The molecular weight excluding hydrogens is 444 g/mol. The van der Waals surface area contributed by atoms with Gasteiger partial charge in [-0.05, 0) is 29.3 Å². The van der Waals surface area contributed by atoms with E-state index in [2.05, 4.69) is 26.2 Å². The van der Waals surface area contributed by atoms with Crippen LogP contribution < -0.4 is 5.32 Å². The number of carbonyl (C=O) groups excluding carboxylic acids is 1. The molecule has 1 amide bonds. The predicted molar refractivity (Wildman–Crippen MR) is 108 cm³/mol. The van der Waals surface area contributed by atoms with E-state index in [4.69, 9.17) is 0 Å². The first-order chi connectivity index (χ1) is 13.8. The van der Waals surface area contributed by atoms with E-state index < -0.39 is 11.5 Å².